The smallest absolute Gasteiger partial charge is 0.307 e. The Kier molecular flexibility index (Phi) is 3.88. The van der Waals surface area contributed by atoms with Crippen molar-refractivity contribution in [1.29, 1.82) is 0 Å². The molecule has 0 radical (unpaired) electrons. The second-order valence-corrected chi connectivity index (χ2v) is 5.01. The van der Waals surface area contributed by atoms with Gasteiger partial charge in [0.05, 0.1) is 6.42 Å². The highest BCUT2D eigenvalue weighted by Gasteiger charge is 2.03. The Morgan fingerprint density at radius 3 is 2.25 bits per heavy atom. The molecule has 1 rings (SSSR count). The molecule has 0 saturated carbocycles. The molecule has 86 valence electrons. The van der Waals surface area contributed by atoms with Crippen LogP contribution in [-0.2, 0) is 11.2 Å². The first-order valence-electron chi connectivity index (χ1n) is 5.37. The van der Waals surface area contributed by atoms with Gasteiger partial charge >= 0.3 is 5.97 Å². The minimum absolute atomic E-state index is 0.0866. The number of allylic oxidation sites excluding steroid dienone is 1. The van der Waals surface area contributed by atoms with Crippen molar-refractivity contribution in [2.75, 3.05) is 0 Å². The number of carboxylic acid groups (broad SMARTS) is 1. The van der Waals surface area contributed by atoms with E-state index in [1.807, 2.05) is 24.3 Å². The molecule has 0 aliphatic heterocycles. The van der Waals surface area contributed by atoms with Gasteiger partial charge in [0, 0.05) is 0 Å². The fourth-order valence-corrected chi connectivity index (χ4v) is 1.27. The minimum atomic E-state index is -0.794. The van der Waals surface area contributed by atoms with Gasteiger partial charge in [-0.05, 0) is 16.5 Å². The van der Waals surface area contributed by atoms with Crippen molar-refractivity contribution in [2.24, 2.45) is 5.41 Å². The second kappa shape index (κ2) is 4.97. The topological polar surface area (TPSA) is 37.3 Å². The van der Waals surface area contributed by atoms with Crippen molar-refractivity contribution < 1.29 is 9.90 Å². The van der Waals surface area contributed by atoms with Crippen molar-refractivity contribution in [3.05, 3.63) is 41.5 Å². The average Bonchev–Trinajstić information content (AvgIpc) is 2.14. The molecule has 0 amide bonds. The quantitative estimate of drug-likeness (QED) is 0.844. The molecule has 0 aromatic heterocycles. The Morgan fingerprint density at radius 2 is 1.81 bits per heavy atom. The number of carbonyl (C=O) groups is 1. The van der Waals surface area contributed by atoms with E-state index in [1.54, 1.807) is 0 Å². The summed E-state index contributed by atoms with van der Waals surface area (Å²) in [6.07, 6.45) is 4.28. The van der Waals surface area contributed by atoms with Crippen LogP contribution in [0.25, 0.3) is 6.08 Å². The first-order chi connectivity index (χ1) is 7.37. The third kappa shape index (κ3) is 4.78. The van der Waals surface area contributed by atoms with Gasteiger partial charge in [-0.15, -0.1) is 0 Å². The number of aliphatic carboxylic acids is 1. The van der Waals surface area contributed by atoms with E-state index in [-0.39, 0.29) is 11.8 Å². The van der Waals surface area contributed by atoms with Crippen LogP contribution in [0, 0.1) is 5.41 Å². The van der Waals surface area contributed by atoms with Crippen LogP contribution in [-0.4, -0.2) is 11.1 Å². The van der Waals surface area contributed by atoms with Gasteiger partial charge in [-0.3, -0.25) is 4.79 Å². The van der Waals surface area contributed by atoms with Gasteiger partial charge in [0.2, 0.25) is 0 Å². The highest BCUT2D eigenvalue weighted by Crippen LogP contribution is 2.17. The van der Waals surface area contributed by atoms with Gasteiger partial charge in [0.1, 0.15) is 0 Å². The Hall–Kier alpha value is -1.57. The second-order valence-electron chi connectivity index (χ2n) is 5.01. The summed E-state index contributed by atoms with van der Waals surface area (Å²) in [5.41, 5.74) is 2.10. The largest absolute Gasteiger partial charge is 0.481 e. The normalized spacial score (nSPS) is 11.9. The minimum Gasteiger partial charge on any atom is -0.481 e. The zero-order valence-electron chi connectivity index (χ0n) is 10.0. The summed E-state index contributed by atoms with van der Waals surface area (Å²) in [6.45, 7) is 6.42. The molecule has 1 N–H and O–H groups in total. The van der Waals surface area contributed by atoms with Crippen molar-refractivity contribution in [3.8, 4) is 0 Å². The molecule has 0 heterocycles. The monoisotopic (exact) mass is 218 g/mol. The standard InChI is InChI=1S/C14H18O2/c1-14(2,3)9-8-11-4-6-12(7-5-11)10-13(15)16/h4-9H,10H2,1-3H3,(H,15,16). The first-order valence-corrected chi connectivity index (χ1v) is 5.37. The lowest BCUT2D eigenvalue weighted by Crippen LogP contribution is -1.99. The van der Waals surface area contributed by atoms with Crippen LogP contribution in [0.4, 0.5) is 0 Å². The van der Waals surface area contributed by atoms with Crippen LogP contribution in [0.2, 0.25) is 0 Å². The van der Waals surface area contributed by atoms with E-state index < -0.39 is 5.97 Å². The summed E-state index contributed by atoms with van der Waals surface area (Å²) in [5, 5.41) is 8.63. The maximum absolute atomic E-state index is 10.5. The summed E-state index contributed by atoms with van der Waals surface area (Å²) in [4.78, 5) is 10.5. The third-order valence-corrected chi connectivity index (χ3v) is 2.11. The molecule has 0 bridgehead atoms. The summed E-state index contributed by atoms with van der Waals surface area (Å²) in [5.74, 6) is -0.794. The van der Waals surface area contributed by atoms with Gasteiger partial charge in [-0.25, -0.2) is 0 Å². The van der Waals surface area contributed by atoms with Crippen molar-refractivity contribution >= 4 is 12.0 Å². The molecule has 0 fully saturated rings. The van der Waals surface area contributed by atoms with Gasteiger partial charge in [-0.1, -0.05) is 57.2 Å². The van der Waals surface area contributed by atoms with E-state index in [1.165, 1.54) is 0 Å². The highest BCUT2D eigenvalue weighted by molar-refractivity contribution is 5.70. The zero-order valence-corrected chi connectivity index (χ0v) is 10.0. The molecule has 0 saturated heterocycles. The summed E-state index contributed by atoms with van der Waals surface area (Å²) >= 11 is 0. The zero-order chi connectivity index (χ0) is 12.2. The van der Waals surface area contributed by atoms with Crippen LogP contribution in [0.3, 0.4) is 0 Å². The molecule has 0 aliphatic rings. The first kappa shape index (κ1) is 12.5. The number of carboxylic acids is 1. The van der Waals surface area contributed by atoms with Gasteiger partial charge in [-0.2, -0.15) is 0 Å². The SMILES string of the molecule is CC(C)(C)C=Cc1ccc(CC(=O)O)cc1. The number of rotatable bonds is 3. The maximum atomic E-state index is 10.5. The molecule has 2 heteroatoms. The Labute approximate surface area is 96.6 Å². The Bertz CT molecular complexity index is 380. The molecular formula is C14H18O2. The van der Waals surface area contributed by atoms with Gasteiger partial charge in [0.25, 0.3) is 0 Å². The predicted octanol–water partition coefficient (Wildman–Crippen LogP) is 3.37. The van der Waals surface area contributed by atoms with Crippen LogP contribution in [0.1, 0.15) is 31.9 Å². The molecule has 1 aromatic rings. The van der Waals surface area contributed by atoms with E-state index in [0.29, 0.717) is 0 Å². The van der Waals surface area contributed by atoms with Gasteiger partial charge < -0.3 is 5.11 Å². The van der Waals surface area contributed by atoms with Crippen LogP contribution < -0.4 is 0 Å². The van der Waals surface area contributed by atoms with Crippen LogP contribution >= 0.6 is 0 Å². The summed E-state index contributed by atoms with van der Waals surface area (Å²) in [6, 6.07) is 7.61. The lowest BCUT2D eigenvalue weighted by molar-refractivity contribution is -0.136. The number of hydrogen-bond acceptors (Lipinski definition) is 1. The summed E-state index contributed by atoms with van der Waals surface area (Å²) < 4.78 is 0. The van der Waals surface area contributed by atoms with E-state index in [0.717, 1.165) is 11.1 Å². The van der Waals surface area contributed by atoms with Crippen molar-refractivity contribution in [1.82, 2.24) is 0 Å². The van der Waals surface area contributed by atoms with Crippen molar-refractivity contribution in [3.63, 3.8) is 0 Å². The Balaban J connectivity index is 2.72. The molecule has 0 atom stereocenters. The molecule has 16 heavy (non-hydrogen) atoms. The number of benzene rings is 1. The molecule has 2 nitrogen and oxygen atoms in total. The average molecular weight is 218 g/mol. The molecule has 0 aliphatic carbocycles. The van der Waals surface area contributed by atoms with Gasteiger partial charge in [0.15, 0.2) is 0 Å². The van der Waals surface area contributed by atoms with Crippen LogP contribution in [0.5, 0.6) is 0 Å². The number of hydrogen-bond donors (Lipinski definition) is 1. The third-order valence-electron chi connectivity index (χ3n) is 2.11. The molecule has 1 aromatic carbocycles. The lowest BCUT2D eigenvalue weighted by atomic mass is 9.95. The predicted molar refractivity (Wildman–Crippen MR) is 66.3 cm³/mol. The molecular weight excluding hydrogens is 200 g/mol. The molecule has 0 unspecified atom stereocenters. The van der Waals surface area contributed by atoms with Crippen LogP contribution in [0.15, 0.2) is 30.3 Å². The van der Waals surface area contributed by atoms with Crippen molar-refractivity contribution in [2.45, 2.75) is 27.2 Å². The Morgan fingerprint density at radius 1 is 1.25 bits per heavy atom. The fraction of sp³-hybridized carbons (Fsp3) is 0.357. The van der Waals surface area contributed by atoms with E-state index in [9.17, 15) is 4.79 Å². The van der Waals surface area contributed by atoms with E-state index >= 15 is 0 Å². The summed E-state index contributed by atoms with van der Waals surface area (Å²) in [7, 11) is 0. The molecule has 0 spiro atoms. The maximum Gasteiger partial charge on any atom is 0.307 e. The van der Waals surface area contributed by atoms with E-state index in [2.05, 4.69) is 32.9 Å². The lowest BCUT2D eigenvalue weighted by Gasteiger charge is -2.10. The highest BCUT2D eigenvalue weighted by atomic mass is 16.4. The van der Waals surface area contributed by atoms with E-state index in [4.69, 9.17) is 5.11 Å². The fourth-order valence-electron chi connectivity index (χ4n) is 1.27.